The van der Waals surface area contributed by atoms with Gasteiger partial charge in [0.1, 0.15) is 0 Å². The predicted molar refractivity (Wildman–Crippen MR) is 71.4 cm³/mol. The highest BCUT2D eigenvalue weighted by Gasteiger charge is 2.28. The van der Waals surface area contributed by atoms with Gasteiger partial charge in [0.2, 0.25) is 5.43 Å². The van der Waals surface area contributed by atoms with Crippen molar-refractivity contribution in [2.75, 3.05) is 6.54 Å². The third-order valence-corrected chi connectivity index (χ3v) is 3.95. The second-order valence-corrected chi connectivity index (χ2v) is 4.96. The summed E-state index contributed by atoms with van der Waals surface area (Å²) in [4.78, 5) is 11.8. The predicted octanol–water partition coefficient (Wildman–Crippen LogP) is 1.70. The van der Waals surface area contributed by atoms with E-state index in [1.807, 2.05) is 28.9 Å². The molecule has 18 heavy (non-hydrogen) atoms. The lowest BCUT2D eigenvalue weighted by Gasteiger charge is -2.21. The van der Waals surface area contributed by atoms with E-state index in [1.54, 1.807) is 0 Å². The van der Waals surface area contributed by atoms with Gasteiger partial charge in [-0.2, -0.15) is 5.10 Å². The maximum Gasteiger partial charge on any atom is 0.207 e. The summed E-state index contributed by atoms with van der Waals surface area (Å²) in [6.45, 7) is 0.687. The largest absolute Gasteiger partial charge is 0.330 e. The molecular formula is C14H17N3O. The van der Waals surface area contributed by atoms with Crippen molar-refractivity contribution in [1.29, 1.82) is 0 Å². The van der Waals surface area contributed by atoms with E-state index in [0.717, 1.165) is 23.7 Å². The van der Waals surface area contributed by atoms with Crippen molar-refractivity contribution in [3.63, 3.8) is 0 Å². The van der Waals surface area contributed by atoms with Crippen LogP contribution in [-0.4, -0.2) is 16.3 Å². The molecule has 1 fully saturated rings. The third kappa shape index (κ3) is 1.73. The van der Waals surface area contributed by atoms with Gasteiger partial charge in [0, 0.05) is 5.39 Å². The quantitative estimate of drug-likeness (QED) is 0.873. The fourth-order valence-electron chi connectivity index (χ4n) is 3.01. The summed E-state index contributed by atoms with van der Waals surface area (Å²) in [5.74, 6) is 0.475. The molecule has 0 amide bonds. The fraction of sp³-hybridized carbons (Fsp3) is 0.429. The summed E-state index contributed by atoms with van der Waals surface area (Å²) >= 11 is 0. The molecule has 1 aliphatic rings. The topological polar surface area (TPSA) is 60.9 Å². The second-order valence-electron chi connectivity index (χ2n) is 4.96. The third-order valence-electron chi connectivity index (χ3n) is 3.95. The standard InChI is InChI=1S/C14H17N3O/c15-8-10-4-3-7-12(10)17-13-6-2-1-5-11(13)14(18)9-16-17/h1-2,5-6,9-10,12H,3-4,7-8,15H2. The molecule has 0 bridgehead atoms. The monoisotopic (exact) mass is 243 g/mol. The van der Waals surface area contributed by atoms with Crippen LogP contribution in [0.1, 0.15) is 25.3 Å². The van der Waals surface area contributed by atoms with E-state index in [4.69, 9.17) is 5.73 Å². The smallest absolute Gasteiger partial charge is 0.207 e. The number of benzene rings is 1. The van der Waals surface area contributed by atoms with Crippen molar-refractivity contribution >= 4 is 10.9 Å². The Labute approximate surface area is 105 Å². The normalized spacial score (nSPS) is 23.6. The van der Waals surface area contributed by atoms with E-state index in [9.17, 15) is 4.79 Å². The Bertz CT molecular complexity index is 620. The highest BCUT2D eigenvalue weighted by atomic mass is 16.1. The molecule has 2 aromatic rings. The van der Waals surface area contributed by atoms with E-state index in [1.165, 1.54) is 12.6 Å². The molecule has 2 atom stereocenters. The van der Waals surface area contributed by atoms with Gasteiger partial charge in [-0.1, -0.05) is 18.6 Å². The van der Waals surface area contributed by atoms with E-state index in [2.05, 4.69) is 5.10 Å². The van der Waals surface area contributed by atoms with E-state index < -0.39 is 0 Å². The highest BCUT2D eigenvalue weighted by Crippen LogP contribution is 2.35. The average Bonchev–Trinajstić information content (AvgIpc) is 2.88. The van der Waals surface area contributed by atoms with Gasteiger partial charge in [0.15, 0.2) is 0 Å². The van der Waals surface area contributed by atoms with E-state index >= 15 is 0 Å². The fourth-order valence-corrected chi connectivity index (χ4v) is 3.01. The van der Waals surface area contributed by atoms with Crippen molar-refractivity contribution in [2.45, 2.75) is 25.3 Å². The maximum absolute atomic E-state index is 11.8. The Morgan fingerprint density at radius 1 is 1.33 bits per heavy atom. The zero-order chi connectivity index (χ0) is 12.5. The van der Waals surface area contributed by atoms with Crippen LogP contribution in [0.4, 0.5) is 0 Å². The first-order valence-electron chi connectivity index (χ1n) is 6.48. The summed E-state index contributed by atoms with van der Waals surface area (Å²) in [6.07, 6.45) is 4.87. The van der Waals surface area contributed by atoms with Crippen molar-refractivity contribution in [3.8, 4) is 0 Å². The second kappa shape index (κ2) is 4.53. The molecule has 1 aliphatic carbocycles. The van der Waals surface area contributed by atoms with Gasteiger partial charge in [-0.25, -0.2) is 0 Å². The van der Waals surface area contributed by atoms with Crippen LogP contribution in [0.2, 0.25) is 0 Å². The van der Waals surface area contributed by atoms with Crippen molar-refractivity contribution in [1.82, 2.24) is 9.78 Å². The van der Waals surface area contributed by atoms with E-state index in [-0.39, 0.29) is 5.43 Å². The van der Waals surface area contributed by atoms with Crippen LogP contribution in [0.5, 0.6) is 0 Å². The molecule has 2 unspecified atom stereocenters. The summed E-state index contributed by atoms with van der Waals surface area (Å²) in [5.41, 5.74) is 6.75. The molecule has 1 saturated carbocycles. The van der Waals surface area contributed by atoms with Gasteiger partial charge in [0.25, 0.3) is 0 Å². The summed E-state index contributed by atoms with van der Waals surface area (Å²) in [7, 11) is 0. The Kier molecular flexibility index (Phi) is 2.88. The van der Waals surface area contributed by atoms with Crippen molar-refractivity contribution in [3.05, 3.63) is 40.7 Å². The molecule has 1 aromatic heterocycles. The number of fused-ring (bicyclic) bond motifs is 1. The first-order chi connectivity index (χ1) is 8.81. The number of para-hydroxylation sites is 1. The minimum atomic E-state index is -0.0101. The molecule has 0 aliphatic heterocycles. The van der Waals surface area contributed by atoms with Crippen LogP contribution in [0.25, 0.3) is 10.9 Å². The Morgan fingerprint density at radius 3 is 3.00 bits per heavy atom. The molecule has 4 heteroatoms. The van der Waals surface area contributed by atoms with Crippen LogP contribution < -0.4 is 11.2 Å². The molecule has 94 valence electrons. The molecule has 2 N–H and O–H groups in total. The molecular weight excluding hydrogens is 226 g/mol. The Morgan fingerprint density at radius 2 is 2.17 bits per heavy atom. The first kappa shape index (κ1) is 11.4. The SMILES string of the molecule is NCC1CCCC1n1ncc(=O)c2ccccc21. The van der Waals surface area contributed by atoms with Crippen LogP contribution >= 0.6 is 0 Å². The van der Waals surface area contributed by atoms with Gasteiger partial charge < -0.3 is 5.73 Å². The maximum atomic E-state index is 11.8. The highest BCUT2D eigenvalue weighted by molar-refractivity contribution is 5.78. The van der Waals surface area contributed by atoms with Gasteiger partial charge in [0.05, 0.1) is 17.8 Å². The zero-order valence-electron chi connectivity index (χ0n) is 10.2. The lowest BCUT2D eigenvalue weighted by Crippen LogP contribution is -2.25. The van der Waals surface area contributed by atoms with Crippen LogP contribution in [0.3, 0.4) is 0 Å². The lowest BCUT2D eigenvalue weighted by atomic mass is 10.0. The molecule has 1 aromatic carbocycles. The van der Waals surface area contributed by atoms with Crippen LogP contribution in [-0.2, 0) is 0 Å². The molecule has 0 radical (unpaired) electrons. The molecule has 0 spiro atoms. The Hall–Kier alpha value is -1.68. The zero-order valence-corrected chi connectivity index (χ0v) is 10.2. The minimum Gasteiger partial charge on any atom is -0.330 e. The number of nitrogens with two attached hydrogens (primary N) is 1. The molecule has 3 rings (SSSR count). The summed E-state index contributed by atoms with van der Waals surface area (Å²) in [5, 5.41) is 5.08. The van der Waals surface area contributed by atoms with Gasteiger partial charge in [-0.05, 0) is 37.4 Å². The Balaban J connectivity index is 2.18. The van der Waals surface area contributed by atoms with Crippen molar-refractivity contribution < 1.29 is 0 Å². The minimum absolute atomic E-state index is 0.0101. The van der Waals surface area contributed by atoms with Crippen LogP contribution in [0, 0.1) is 5.92 Å². The summed E-state index contributed by atoms with van der Waals surface area (Å²) in [6, 6.07) is 8.01. The van der Waals surface area contributed by atoms with E-state index in [0.29, 0.717) is 18.5 Å². The number of hydrogen-bond acceptors (Lipinski definition) is 3. The number of nitrogens with zero attached hydrogens (tertiary/aromatic N) is 2. The average molecular weight is 243 g/mol. The molecule has 1 heterocycles. The lowest BCUT2D eigenvalue weighted by molar-refractivity contribution is 0.364. The van der Waals surface area contributed by atoms with Crippen molar-refractivity contribution in [2.24, 2.45) is 11.7 Å². The van der Waals surface area contributed by atoms with Gasteiger partial charge >= 0.3 is 0 Å². The number of hydrogen-bond donors (Lipinski definition) is 1. The number of rotatable bonds is 2. The van der Waals surface area contributed by atoms with Gasteiger partial charge in [-0.15, -0.1) is 0 Å². The first-order valence-corrected chi connectivity index (χ1v) is 6.48. The molecule has 4 nitrogen and oxygen atoms in total. The van der Waals surface area contributed by atoms with Gasteiger partial charge in [-0.3, -0.25) is 9.48 Å². The summed E-state index contributed by atoms with van der Waals surface area (Å²) < 4.78 is 2.00. The molecule has 0 saturated heterocycles. The number of aromatic nitrogens is 2. The van der Waals surface area contributed by atoms with Crippen LogP contribution in [0.15, 0.2) is 35.3 Å².